The van der Waals surface area contributed by atoms with E-state index in [-0.39, 0.29) is 17.7 Å². The Morgan fingerprint density at radius 3 is 2.26 bits per heavy atom. The van der Waals surface area contributed by atoms with Crippen LogP contribution < -0.4 is 0 Å². The van der Waals surface area contributed by atoms with Crippen molar-refractivity contribution in [2.45, 2.75) is 65.2 Å². The number of hydrogen-bond acceptors (Lipinski definition) is 3. The number of carbonyl (C=O) groups excluding carboxylic acids is 1. The molecule has 0 spiro atoms. The van der Waals surface area contributed by atoms with Gasteiger partial charge in [-0.25, -0.2) is 13.6 Å². The minimum Gasteiger partial charge on any atom is -0.293 e. The normalized spacial score (nSPS) is 11.0. The first-order valence-electron chi connectivity index (χ1n) is 12.6. The zero-order chi connectivity index (χ0) is 25.0. The maximum Gasteiger partial charge on any atom is 0.376 e. The molecule has 3 aromatic rings. The van der Waals surface area contributed by atoms with Gasteiger partial charge in [-0.1, -0.05) is 101 Å². The van der Waals surface area contributed by atoms with E-state index in [9.17, 15) is 9.18 Å². The van der Waals surface area contributed by atoms with E-state index >= 15 is 4.39 Å². The van der Waals surface area contributed by atoms with Crippen molar-refractivity contribution >= 4 is 5.97 Å². The van der Waals surface area contributed by atoms with Crippen molar-refractivity contribution < 1.29 is 23.4 Å². The molecule has 0 amide bonds. The standard InChI is InChI=1S/C30H34F2O3/c1-3-5-6-7-8-12-20-34-35-30(33)26-19-18-25(22-14-10-9-11-15-22)28(29(26)32)24-17-16-23(13-4-2)27(31)21-24/h9-11,14-19,21H,3-8,12-13,20H2,1-2H3. The predicted octanol–water partition coefficient (Wildman–Crippen LogP) is 8.70. The van der Waals surface area contributed by atoms with Gasteiger partial charge in [-0.2, -0.15) is 4.89 Å². The average Bonchev–Trinajstić information content (AvgIpc) is 2.87. The predicted molar refractivity (Wildman–Crippen MR) is 136 cm³/mol. The minimum absolute atomic E-state index is 0.156. The first kappa shape index (κ1) is 26.6. The van der Waals surface area contributed by atoms with Crippen LogP contribution >= 0.6 is 0 Å². The fourth-order valence-electron chi connectivity index (χ4n) is 4.13. The largest absolute Gasteiger partial charge is 0.376 e. The van der Waals surface area contributed by atoms with Gasteiger partial charge in [0, 0.05) is 5.56 Å². The van der Waals surface area contributed by atoms with Gasteiger partial charge in [-0.05, 0) is 47.2 Å². The second kappa shape index (κ2) is 13.7. The molecule has 5 heteroatoms. The van der Waals surface area contributed by atoms with E-state index in [4.69, 9.17) is 9.78 Å². The van der Waals surface area contributed by atoms with E-state index in [0.717, 1.165) is 31.2 Å². The van der Waals surface area contributed by atoms with Gasteiger partial charge in [0.05, 0.1) is 12.2 Å². The lowest BCUT2D eigenvalue weighted by atomic mass is 9.91. The van der Waals surface area contributed by atoms with Crippen LogP contribution in [0.1, 0.15) is 74.7 Å². The Kier molecular flexibility index (Phi) is 10.4. The lowest BCUT2D eigenvalue weighted by molar-refractivity contribution is -0.241. The average molecular weight is 481 g/mol. The van der Waals surface area contributed by atoms with Crippen molar-refractivity contribution in [2.75, 3.05) is 6.61 Å². The number of benzene rings is 3. The van der Waals surface area contributed by atoms with Crippen LogP contribution in [-0.4, -0.2) is 12.6 Å². The van der Waals surface area contributed by atoms with Crippen LogP contribution in [-0.2, 0) is 16.2 Å². The van der Waals surface area contributed by atoms with E-state index in [1.807, 2.05) is 37.3 Å². The number of carbonyl (C=O) groups is 1. The van der Waals surface area contributed by atoms with Crippen LogP contribution in [0.3, 0.4) is 0 Å². The topological polar surface area (TPSA) is 35.5 Å². The summed E-state index contributed by atoms with van der Waals surface area (Å²) in [5, 5.41) is 0. The summed E-state index contributed by atoms with van der Waals surface area (Å²) in [6.07, 6.45) is 7.84. The SMILES string of the molecule is CCCCCCCCOOC(=O)c1ccc(-c2ccccc2)c(-c2ccc(CCC)c(F)c2)c1F. The van der Waals surface area contributed by atoms with Crippen LogP contribution in [0.15, 0.2) is 60.7 Å². The van der Waals surface area contributed by atoms with Crippen LogP contribution in [0.25, 0.3) is 22.3 Å². The highest BCUT2D eigenvalue weighted by atomic mass is 19.1. The van der Waals surface area contributed by atoms with E-state index < -0.39 is 17.6 Å². The fraction of sp³-hybridized carbons (Fsp3) is 0.367. The summed E-state index contributed by atoms with van der Waals surface area (Å²) in [5.74, 6) is -2.06. The molecular formula is C30H34F2O3. The molecule has 186 valence electrons. The van der Waals surface area contributed by atoms with E-state index in [1.165, 1.54) is 31.4 Å². The molecule has 3 nitrogen and oxygen atoms in total. The van der Waals surface area contributed by atoms with Gasteiger partial charge in [-0.3, -0.25) is 4.89 Å². The summed E-state index contributed by atoms with van der Waals surface area (Å²) in [6, 6.07) is 17.0. The van der Waals surface area contributed by atoms with E-state index in [1.54, 1.807) is 18.2 Å². The van der Waals surface area contributed by atoms with E-state index in [0.29, 0.717) is 23.1 Å². The monoisotopic (exact) mass is 480 g/mol. The highest BCUT2D eigenvalue weighted by Crippen LogP contribution is 2.37. The lowest BCUT2D eigenvalue weighted by Crippen LogP contribution is -2.10. The number of rotatable bonds is 13. The van der Waals surface area contributed by atoms with Gasteiger partial charge < -0.3 is 0 Å². The number of unbranched alkanes of at least 4 members (excludes halogenated alkanes) is 5. The molecule has 0 unspecified atom stereocenters. The molecule has 0 bridgehead atoms. The lowest BCUT2D eigenvalue weighted by Gasteiger charge is -2.15. The van der Waals surface area contributed by atoms with Crippen LogP contribution in [0.5, 0.6) is 0 Å². The molecule has 0 heterocycles. The van der Waals surface area contributed by atoms with Gasteiger partial charge >= 0.3 is 5.97 Å². The van der Waals surface area contributed by atoms with Crippen molar-refractivity contribution in [1.82, 2.24) is 0 Å². The zero-order valence-corrected chi connectivity index (χ0v) is 20.6. The summed E-state index contributed by atoms with van der Waals surface area (Å²) in [5.41, 5.74) is 2.18. The summed E-state index contributed by atoms with van der Waals surface area (Å²) >= 11 is 0. The summed E-state index contributed by atoms with van der Waals surface area (Å²) in [4.78, 5) is 22.6. The van der Waals surface area contributed by atoms with Crippen molar-refractivity contribution in [3.8, 4) is 22.3 Å². The van der Waals surface area contributed by atoms with Crippen molar-refractivity contribution in [2.24, 2.45) is 0 Å². The number of aryl methyl sites for hydroxylation is 1. The molecule has 0 atom stereocenters. The second-order valence-corrected chi connectivity index (χ2v) is 8.73. The zero-order valence-electron chi connectivity index (χ0n) is 20.6. The quantitative estimate of drug-likeness (QED) is 0.139. The van der Waals surface area contributed by atoms with Gasteiger partial charge in [0.15, 0.2) is 0 Å². The van der Waals surface area contributed by atoms with Crippen molar-refractivity contribution in [3.63, 3.8) is 0 Å². The summed E-state index contributed by atoms with van der Waals surface area (Å²) in [7, 11) is 0. The molecule has 3 rings (SSSR count). The molecule has 0 radical (unpaired) electrons. The van der Waals surface area contributed by atoms with Gasteiger partial charge in [0.1, 0.15) is 11.6 Å². The first-order valence-corrected chi connectivity index (χ1v) is 12.6. The molecule has 0 aromatic heterocycles. The molecule has 35 heavy (non-hydrogen) atoms. The third-order valence-corrected chi connectivity index (χ3v) is 6.02. The van der Waals surface area contributed by atoms with Crippen LogP contribution in [0.4, 0.5) is 8.78 Å². The highest BCUT2D eigenvalue weighted by Gasteiger charge is 2.23. The first-order chi connectivity index (χ1) is 17.1. The Balaban J connectivity index is 1.83. The van der Waals surface area contributed by atoms with Gasteiger partial charge in [-0.15, -0.1) is 0 Å². The Morgan fingerprint density at radius 1 is 0.800 bits per heavy atom. The molecule has 0 fully saturated rings. The molecule has 0 aliphatic carbocycles. The van der Waals surface area contributed by atoms with E-state index in [2.05, 4.69) is 6.92 Å². The second-order valence-electron chi connectivity index (χ2n) is 8.73. The molecular weight excluding hydrogens is 446 g/mol. The van der Waals surface area contributed by atoms with Crippen molar-refractivity contribution in [1.29, 1.82) is 0 Å². The highest BCUT2D eigenvalue weighted by molar-refractivity contribution is 5.95. The molecule has 0 saturated heterocycles. The minimum atomic E-state index is -0.905. The Hall–Kier alpha value is -3.05. The Bertz CT molecular complexity index is 1100. The summed E-state index contributed by atoms with van der Waals surface area (Å²) in [6.45, 7) is 4.40. The van der Waals surface area contributed by atoms with Gasteiger partial charge in [0.2, 0.25) is 0 Å². The maximum atomic E-state index is 15.8. The third-order valence-electron chi connectivity index (χ3n) is 6.02. The molecule has 3 aromatic carbocycles. The molecule has 0 aliphatic rings. The number of halogens is 2. The number of hydrogen-bond donors (Lipinski definition) is 0. The summed E-state index contributed by atoms with van der Waals surface area (Å²) < 4.78 is 30.6. The maximum absolute atomic E-state index is 15.8. The molecule has 0 saturated carbocycles. The van der Waals surface area contributed by atoms with Crippen molar-refractivity contribution in [3.05, 3.63) is 83.4 Å². The molecule has 0 aliphatic heterocycles. The van der Waals surface area contributed by atoms with Crippen LogP contribution in [0.2, 0.25) is 0 Å². The molecule has 0 N–H and O–H groups in total. The van der Waals surface area contributed by atoms with Crippen LogP contribution in [0, 0.1) is 11.6 Å². The Labute approximate surface area is 207 Å². The van der Waals surface area contributed by atoms with Gasteiger partial charge in [0.25, 0.3) is 0 Å². The fourth-order valence-corrected chi connectivity index (χ4v) is 4.13. The smallest absolute Gasteiger partial charge is 0.293 e. The Morgan fingerprint density at radius 2 is 1.54 bits per heavy atom. The third kappa shape index (κ3) is 7.22.